The van der Waals surface area contributed by atoms with E-state index in [2.05, 4.69) is 21.9 Å². The van der Waals surface area contributed by atoms with E-state index >= 15 is 0 Å². The summed E-state index contributed by atoms with van der Waals surface area (Å²) in [5.41, 5.74) is 1.13. The van der Waals surface area contributed by atoms with Crippen LogP contribution in [0, 0.1) is 0 Å². The molecule has 2 atom stereocenters. The predicted octanol–water partition coefficient (Wildman–Crippen LogP) is 2.70. The van der Waals surface area contributed by atoms with E-state index in [1.54, 1.807) is 14.2 Å². The van der Waals surface area contributed by atoms with Crippen molar-refractivity contribution in [3.05, 3.63) is 23.8 Å². The van der Waals surface area contributed by atoms with E-state index < -0.39 is 0 Å². The molecule has 0 amide bonds. The molecule has 5 nitrogen and oxygen atoms in total. The quantitative estimate of drug-likeness (QED) is 0.584. The highest BCUT2D eigenvalue weighted by molar-refractivity contribution is 7.99. The van der Waals surface area contributed by atoms with Crippen LogP contribution in [0.15, 0.2) is 23.2 Å². The Morgan fingerprint density at radius 2 is 2.12 bits per heavy atom. The van der Waals surface area contributed by atoms with Gasteiger partial charge in [0.15, 0.2) is 5.96 Å². The highest BCUT2D eigenvalue weighted by atomic mass is 32.2. The SMILES string of the molecule is CN=C(NCCc1cc(OC)ccc1OC)NC1CCC(SC)C1. The number of nitrogens with one attached hydrogen (secondary N) is 2. The summed E-state index contributed by atoms with van der Waals surface area (Å²) in [6, 6.07) is 6.41. The molecule has 2 unspecified atom stereocenters. The van der Waals surface area contributed by atoms with Gasteiger partial charge in [0.1, 0.15) is 11.5 Å². The maximum absolute atomic E-state index is 5.43. The second-order valence-corrected chi connectivity index (χ2v) is 7.08. The Morgan fingerprint density at radius 3 is 2.75 bits per heavy atom. The Kier molecular flexibility index (Phi) is 7.56. The number of ether oxygens (including phenoxy) is 2. The first-order valence-electron chi connectivity index (χ1n) is 8.41. The topological polar surface area (TPSA) is 54.9 Å². The van der Waals surface area contributed by atoms with Crippen LogP contribution >= 0.6 is 11.8 Å². The fraction of sp³-hybridized carbons (Fsp3) is 0.611. The second kappa shape index (κ2) is 9.67. The zero-order valence-electron chi connectivity index (χ0n) is 15.1. The van der Waals surface area contributed by atoms with Gasteiger partial charge in [-0.3, -0.25) is 4.99 Å². The van der Waals surface area contributed by atoms with Gasteiger partial charge in [-0.2, -0.15) is 11.8 Å². The molecule has 0 bridgehead atoms. The summed E-state index contributed by atoms with van der Waals surface area (Å²) >= 11 is 1.97. The molecule has 0 aliphatic heterocycles. The van der Waals surface area contributed by atoms with Gasteiger partial charge >= 0.3 is 0 Å². The van der Waals surface area contributed by atoms with Gasteiger partial charge in [0, 0.05) is 24.9 Å². The first-order valence-corrected chi connectivity index (χ1v) is 9.69. The summed E-state index contributed by atoms with van der Waals surface area (Å²) in [7, 11) is 5.20. The van der Waals surface area contributed by atoms with Crippen molar-refractivity contribution in [1.29, 1.82) is 0 Å². The maximum atomic E-state index is 5.43. The van der Waals surface area contributed by atoms with Crippen LogP contribution in [0.2, 0.25) is 0 Å². The van der Waals surface area contributed by atoms with Gasteiger partial charge < -0.3 is 20.1 Å². The molecule has 1 aliphatic rings. The molecule has 0 radical (unpaired) electrons. The van der Waals surface area contributed by atoms with Gasteiger partial charge in [-0.15, -0.1) is 0 Å². The van der Waals surface area contributed by atoms with Crippen molar-refractivity contribution in [2.24, 2.45) is 4.99 Å². The minimum absolute atomic E-state index is 0.528. The number of guanidine groups is 1. The van der Waals surface area contributed by atoms with Gasteiger partial charge in [0.05, 0.1) is 14.2 Å². The molecule has 2 rings (SSSR count). The third-order valence-corrected chi connectivity index (χ3v) is 5.55. The average molecular weight is 352 g/mol. The number of hydrogen-bond acceptors (Lipinski definition) is 4. The van der Waals surface area contributed by atoms with Crippen LogP contribution in [0.5, 0.6) is 11.5 Å². The van der Waals surface area contributed by atoms with E-state index in [0.717, 1.165) is 41.2 Å². The largest absolute Gasteiger partial charge is 0.497 e. The third-order valence-electron chi connectivity index (χ3n) is 4.46. The standard InChI is InChI=1S/C18H29N3O2S/c1-19-18(21-14-5-7-16(12-14)24-4)20-10-9-13-11-15(22-2)6-8-17(13)23-3/h6,8,11,14,16H,5,7,9-10,12H2,1-4H3,(H2,19,20,21). The summed E-state index contributed by atoms with van der Waals surface area (Å²) in [6.07, 6.45) is 6.76. The van der Waals surface area contributed by atoms with Gasteiger partial charge in [-0.05, 0) is 55.7 Å². The van der Waals surface area contributed by atoms with Crippen molar-refractivity contribution in [3.8, 4) is 11.5 Å². The first kappa shape index (κ1) is 18.8. The second-order valence-electron chi connectivity index (χ2n) is 5.94. The van der Waals surface area contributed by atoms with E-state index in [-0.39, 0.29) is 0 Å². The van der Waals surface area contributed by atoms with E-state index in [1.807, 2.05) is 37.0 Å². The number of methoxy groups -OCH3 is 2. The fourth-order valence-corrected chi connectivity index (χ4v) is 3.86. The summed E-state index contributed by atoms with van der Waals surface area (Å²) < 4.78 is 10.7. The number of hydrogen-bond donors (Lipinski definition) is 2. The van der Waals surface area contributed by atoms with E-state index in [0.29, 0.717) is 6.04 Å². The molecular formula is C18H29N3O2S. The predicted molar refractivity (Wildman–Crippen MR) is 103 cm³/mol. The molecular weight excluding hydrogens is 322 g/mol. The normalized spacial score (nSPS) is 20.8. The lowest BCUT2D eigenvalue weighted by molar-refractivity contribution is 0.398. The monoisotopic (exact) mass is 351 g/mol. The maximum Gasteiger partial charge on any atom is 0.191 e. The van der Waals surface area contributed by atoms with E-state index in [9.17, 15) is 0 Å². The number of thioether (sulfide) groups is 1. The third kappa shape index (κ3) is 5.23. The molecule has 1 aromatic rings. The van der Waals surface area contributed by atoms with Gasteiger partial charge in [0.25, 0.3) is 0 Å². The van der Waals surface area contributed by atoms with Crippen LogP contribution in [-0.2, 0) is 6.42 Å². The zero-order chi connectivity index (χ0) is 17.4. The Labute approximate surface area is 149 Å². The number of nitrogens with zero attached hydrogens (tertiary/aromatic N) is 1. The number of aliphatic imine (C=N–C) groups is 1. The minimum atomic E-state index is 0.528. The molecule has 134 valence electrons. The van der Waals surface area contributed by atoms with Crippen molar-refractivity contribution in [3.63, 3.8) is 0 Å². The summed E-state index contributed by atoms with van der Waals surface area (Å²) in [4.78, 5) is 4.34. The lowest BCUT2D eigenvalue weighted by Crippen LogP contribution is -2.43. The van der Waals surface area contributed by atoms with Crippen LogP contribution in [0.25, 0.3) is 0 Å². The summed E-state index contributed by atoms with van der Waals surface area (Å²) in [6.45, 7) is 0.794. The van der Waals surface area contributed by atoms with Crippen molar-refractivity contribution in [2.45, 2.75) is 37.0 Å². The molecule has 0 spiro atoms. The highest BCUT2D eigenvalue weighted by Gasteiger charge is 2.24. The van der Waals surface area contributed by atoms with Gasteiger partial charge in [0.2, 0.25) is 0 Å². The average Bonchev–Trinajstić information content (AvgIpc) is 3.08. The molecule has 2 N–H and O–H groups in total. The molecule has 6 heteroatoms. The van der Waals surface area contributed by atoms with Crippen LogP contribution in [0.3, 0.4) is 0 Å². The molecule has 1 saturated carbocycles. The zero-order valence-corrected chi connectivity index (χ0v) is 15.9. The lowest BCUT2D eigenvalue weighted by Gasteiger charge is -2.18. The molecule has 1 aromatic carbocycles. The minimum Gasteiger partial charge on any atom is -0.497 e. The lowest BCUT2D eigenvalue weighted by atomic mass is 10.1. The van der Waals surface area contributed by atoms with Crippen LogP contribution in [-0.4, -0.2) is 51.3 Å². The van der Waals surface area contributed by atoms with Crippen LogP contribution in [0.1, 0.15) is 24.8 Å². The molecule has 0 heterocycles. The van der Waals surface area contributed by atoms with Gasteiger partial charge in [-0.25, -0.2) is 0 Å². The van der Waals surface area contributed by atoms with Crippen molar-refractivity contribution < 1.29 is 9.47 Å². The van der Waals surface area contributed by atoms with Crippen molar-refractivity contribution in [2.75, 3.05) is 34.1 Å². The first-order chi connectivity index (χ1) is 11.7. The summed E-state index contributed by atoms with van der Waals surface area (Å²) in [5.74, 6) is 2.62. The molecule has 24 heavy (non-hydrogen) atoms. The Hall–Kier alpha value is -1.56. The molecule has 1 fully saturated rings. The van der Waals surface area contributed by atoms with Gasteiger partial charge in [-0.1, -0.05) is 0 Å². The Bertz CT molecular complexity index is 551. The molecule has 1 aliphatic carbocycles. The van der Waals surface area contributed by atoms with Crippen LogP contribution < -0.4 is 20.1 Å². The smallest absolute Gasteiger partial charge is 0.191 e. The molecule has 0 aromatic heterocycles. The van der Waals surface area contributed by atoms with Crippen molar-refractivity contribution >= 4 is 17.7 Å². The number of benzene rings is 1. The van der Waals surface area contributed by atoms with Crippen LogP contribution in [0.4, 0.5) is 0 Å². The van der Waals surface area contributed by atoms with E-state index in [4.69, 9.17) is 9.47 Å². The van der Waals surface area contributed by atoms with Crippen molar-refractivity contribution in [1.82, 2.24) is 10.6 Å². The molecule has 0 saturated heterocycles. The van der Waals surface area contributed by atoms with E-state index in [1.165, 1.54) is 19.3 Å². The summed E-state index contributed by atoms with van der Waals surface area (Å²) in [5, 5.41) is 7.72. The Morgan fingerprint density at radius 1 is 1.29 bits per heavy atom. The fourth-order valence-electron chi connectivity index (χ4n) is 3.07. The Balaban J connectivity index is 1.84. The highest BCUT2D eigenvalue weighted by Crippen LogP contribution is 2.28. The number of rotatable bonds is 7.